The van der Waals surface area contributed by atoms with E-state index >= 15 is 0 Å². The van der Waals surface area contributed by atoms with Gasteiger partial charge >= 0.3 is 0 Å². The molecule has 0 aliphatic carbocycles. The second-order valence-electron chi connectivity index (χ2n) is 11.2. The Hall–Kier alpha value is -4.14. The molecule has 0 radical (unpaired) electrons. The van der Waals surface area contributed by atoms with Crippen molar-refractivity contribution >= 4 is 28.8 Å². The van der Waals surface area contributed by atoms with Gasteiger partial charge in [0.2, 0.25) is 11.9 Å². The summed E-state index contributed by atoms with van der Waals surface area (Å²) >= 11 is 0. The zero-order valence-corrected chi connectivity index (χ0v) is 23.2. The van der Waals surface area contributed by atoms with Crippen molar-refractivity contribution in [2.75, 3.05) is 43.5 Å². The molecule has 1 N–H and O–H groups in total. The number of nitrogens with one attached hydrogen (secondary N) is 1. The molecule has 5 rings (SSSR count). The Kier molecular flexibility index (Phi) is 7.67. The van der Waals surface area contributed by atoms with E-state index < -0.39 is 0 Å². The van der Waals surface area contributed by atoms with E-state index in [0.29, 0.717) is 57.5 Å². The molecule has 3 heterocycles. The van der Waals surface area contributed by atoms with Gasteiger partial charge < -0.3 is 24.4 Å². The summed E-state index contributed by atoms with van der Waals surface area (Å²) < 4.78 is 7.60. The number of rotatable bonds is 8. The van der Waals surface area contributed by atoms with E-state index in [4.69, 9.17) is 19.7 Å². The Balaban J connectivity index is 1.42. The molecular formula is C30H37N7O2. The molecular weight excluding hydrogens is 490 g/mol. The van der Waals surface area contributed by atoms with Gasteiger partial charge in [0.15, 0.2) is 17.0 Å². The first-order valence-electron chi connectivity index (χ1n) is 13.5. The van der Waals surface area contributed by atoms with Gasteiger partial charge in [0.1, 0.15) is 5.75 Å². The predicted molar refractivity (Wildman–Crippen MR) is 154 cm³/mol. The fourth-order valence-corrected chi connectivity index (χ4v) is 4.84. The van der Waals surface area contributed by atoms with Crippen LogP contribution < -0.4 is 15.0 Å². The van der Waals surface area contributed by atoms with Crippen molar-refractivity contribution in [1.82, 2.24) is 24.4 Å². The minimum absolute atomic E-state index is 0.0263. The van der Waals surface area contributed by atoms with Crippen molar-refractivity contribution < 1.29 is 9.53 Å². The van der Waals surface area contributed by atoms with Crippen LogP contribution in [-0.4, -0.2) is 63.6 Å². The lowest BCUT2D eigenvalue weighted by Crippen LogP contribution is -2.49. The van der Waals surface area contributed by atoms with Crippen LogP contribution in [0.1, 0.15) is 38.3 Å². The van der Waals surface area contributed by atoms with Crippen LogP contribution in [0.5, 0.6) is 5.75 Å². The van der Waals surface area contributed by atoms with Crippen molar-refractivity contribution in [3.05, 3.63) is 72.1 Å². The first-order valence-corrected chi connectivity index (χ1v) is 13.5. The van der Waals surface area contributed by atoms with E-state index in [1.165, 1.54) is 5.56 Å². The maximum atomic E-state index is 12.8. The molecule has 39 heavy (non-hydrogen) atoms. The van der Waals surface area contributed by atoms with Crippen LogP contribution in [0.2, 0.25) is 0 Å². The first-order chi connectivity index (χ1) is 18.8. The third-order valence-electron chi connectivity index (χ3n) is 6.88. The Morgan fingerprint density at radius 2 is 1.69 bits per heavy atom. The maximum absolute atomic E-state index is 12.8. The van der Waals surface area contributed by atoms with Gasteiger partial charge in [-0.25, -0.2) is 4.98 Å². The highest BCUT2D eigenvalue weighted by atomic mass is 16.5. The number of aromatic nitrogens is 4. The molecule has 204 valence electrons. The van der Waals surface area contributed by atoms with Crippen molar-refractivity contribution in [3.63, 3.8) is 0 Å². The topological polar surface area (TPSA) is 88.4 Å². The highest BCUT2D eigenvalue weighted by molar-refractivity contribution is 5.84. The summed E-state index contributed by atoms with van der Waals surface area (Å²) in [6, 6.07) is 18.2. The van der Waals surface area contributed by atoms with E-state index in [0.717, 1.165) is 22.5 Å². The lowest BCUT2D eigenvalue weighted by atomic mass is 9.91. The molecule has 2 aromatic heterocycles. The van der Waals surface area contributed by atoms with Gasteiger partial charge in [-0.15, -0.1) is 0 Å². The fraction of sp³-hybridized carbons (Fsp3) is 0.400. The average molecular weight is 528 g/mol. The summed E-state index contributed by atoms with van der Waals surface area (Å²) in [7, 11) is 1.68. The molecule has 9 nitrogen and oxygen atoms in total. The summed E-state index contributed by atoms with van der Waals surface area (Å²) in [6.07, 6.45) is 2.37. The summed E-state index contributed by atoms with van der Waals surface area (Å²) in [6.45, 7) is 10.2. The first kappa shape index (κ1) is 26.5. The smallest absolute Gasteiger partial charge is 0.229 e. The number of carbonyl (C=O) groups is 1. The number of piperazine rings is 1. The predicted octanol–water partition coefficient (Wildman–Crippen LogP) is 4.58. The third kappa shape index (κ3) is 6.30. The van der Waals surface area contributed by atoms with Crippen LogP contribution in [0.4, 0.5) is 11.8 Å². The number of para-hydroxylation sites is 1. The summed E-state index contributed by atoms with van der Waals surface area (Å²) in [5, 5.41) is 3.49. The molecule has 1 fully saturated rings. The molecule has 1 amide bonds. The van der Waals surface area contributed by atoms with Crippen molar-refractivity contribution in [1.29, 1.82) is 0 Å². The molecule has 0 saturated carbocycles. The molecule has 0 atom stereocenters. The zero-order chi connectivity index (χ0) is 27.4. The van der Waals surface area contributed by atoms with Crippen molar-refractivity contribution in [2.45, 2.75) is 40.3 Å². The Morgan fingerprint density at radius 1 is 0.974 bits per heavy atom. The molecule has 1 aliphatic heterocycles. The van der Waals surface area contributed by atoms with Crippen molar-refractivity contribution in [3.8, 4) is 5.75 Å². The van der Waals surface area contributed by atoms with Crippen LogP contribution in [0.25, 0.3) is 11.2 Å². The molecule has 9 heteroatoms. The number of imidazole rings is 1. The maximum Gasteiger partial charge on any atom is 0.229 e. The monoisotopic (exact) mass is 527 g/mol. The number of fused-ring (bicyclic) bond motifs is 1. The molecule has 4 aromatic rings. The summed E-state index contributed by atoms with van der Waals surface area (Å²) in [5.41, 5.74) is 3.68. The zero-order valence-electron chi connectivity index (χ0n) is 23.2. The number of ether oxygens (including phenoxy) is 1. The van der Waals surface area contributed by atoms with E-state index in [-0.39, 0.29) is 11.3 Å². The van der Waals surface area contributed by atoms with Crippen LogP contribution in [0.15, 0.2) is 60.9 Å². The van der Waals surface area contributed by atoms with Crippen molar-refractivity contribution in [2.24, 2.45) is 5.41 Å². The number of hydrogen-bond acceptors (Lipinski definition) is 7. The normalized spacial score (nSPS) is 14.1. The second-order valence-corrected chi connectivity index (χ2v) is 11.2. The molecule has 1 saturated heterocycles. The van der Waals surface area contributed by atoms with Crippen LogP contribution >= 0.6 is 0 Å². The summed E-state index contributed by atoms with van der Waals surface area (Å²) in [5.74, 6) is 2.35. The van der Waals surface area contributed by atoms with Gasteiger partial charge in [-0.3, -0.25) is 4.79 Å². The third-order valence-corrected chi connectivity index (χ3v) is 6.88. The fourth-order valence-electron chi connectivity index (χ4n) is 4.84. The van der Waals surface area contributed by atoms with Crippen LogP contribution in [-0.2, 0) is 17.9 Å². The molecule has 0 unspecified atom stereocenters. The van der Waals surface area contributed by atoms with E-state index in [1.807, 2.05) is 53.7 Å². The number of benzene rings is 2. The highest BCUT2D eigenvalue weighted by Crippen LogP contribution is 2.27. The minimum atomic E-state index is -0.0263. The standard InChI is InChI=1S/C30H37N7O2/c1-30(2,3)18-25(38)35-14-16-36(17-15-35)29-33-27(31-19-23-12-8-9-13-24(23)39-4)26-28(34-29)37(21-32-26)20-22-10-6-5-7-11-22/h5-13,21H,14-20H2,1-4H3,(H,31,33,34). The number of nitrogens with zero attached hydrogens (tertiary/aromatic N) is 6. The largest absolute Gasteiger partial charge is 0.496 e. The Morgan fingerprint density at radius 3 is 2.41 bits per heavy atom. The van der Waals surface area contributed by atoms with E-state index in [2.05, 4.69) is 47.7 Å². The number of anilines is 2. The number of amides is 1. The number of carbonyl (C=O) groups excluding carboxylic acids is 1. The van der Waals surface area contributed by atoms with Gasteiger partial charge in [-0.1, -0.05) is 69.3 Å². The molecule has 0 bridgehead atoms. The lowest BCUT2D eigenvalue weighted by Gasteiger charge is -2.36. The molecule has 0 spiro atoms. The van der Waals surface area contributed by atoms with Gasteiger partial charge in [-0.2, -0.15) is 9.97 Å². The van der Waals surface area contributed by atoms with E-state index in [9.17, 15) is 4.79 Å². The Bertz CT molecular complexity index is 1420. The quantitative estimate of drug-likeness (QED) is 0.359. The summed E-state index contributed by atoms with van der Waals surface area (Å²) in [4.78, 5) is 31.5. The van der Waals surface area contributed by atoms with E-state index in [1.54, 1.807) is 7.11 Å². The van der Waals surface area contributed by atoms with Crippen LogP contribution in [0.3, 0.4) is 0 Å². The Labute approximate surface area is 229 Å². The van der Waals surface area contributed by atoms with Gasteiger partial charge in [-0.05, 0) is 17.0 Å². The van der Waals surface area contributed by atoms with Gasteiger partial charge in [0.25, 0.3) is 0 Å². The average Bonchev–Trinajstić information content (AvgIpc) is 3.34. The highest BCUT2D eigenvalue weighted by Gasteiger charge is 2.27. The number of hydrogen-bond donors (Lipinski definition) is 1. The lowest BCUT2D eigenvalue weighted by molar-refractivity contribution is -0.133. The SMILES string of the molecule is COc1ccccc1CNc1nc(N2CCN(C(=O)CC(C)(C)C)CC2)nc2c1ncn2Cc1ccccc1. The van der Waals surface area contributed by atoms with Crippen LogP contribution in [0, 0.1) is 5.41 Å². The second kappa shape index (κ2) is 11.3. The molecule has 1 aliphatic rings. The molecule has 2 aromatic carbocycles. The minimum Gasteiger partial charge on any atom is -0.496 e. The number of methoxy groups -OCH3 is 1. The van der Waals surface area contributed by atoms with Gasteiger partial charge in [0.05, 0.1) is 20.0 Å². The van der Waals surface area contributed by atoms with Gasteiger partial charge in [0, 0.05) is 44.7 Å².